The van der Waals surface area contributed by atoms with Gasteiger partial charge < -0.3 is 14.8 Å². The number of aromatic amines is 1. The maximum absolute atomic E-state index is 13.2. The summed E-state index contributed by atoms with van der Waals surface area (Å²) in [5, 5.41) is 0.717. The Morgan fingerprint density at radius 2 is 1.47 bits per heavy atom. The number of hydrogen-bond acceptors (Lipinski definition) is 3. The SMILES string of the molecule is CCN1CCN(C(=O)c2cccc3[nH]cc(C(=O)c4ccccc4)c23)CC1.Fc1ccccc1. The summed E-state index contributed by atoms with van der Waals surface area (Å²) in [6, 6.07) is 22.7. The molecule has 0 radical (unpaired) electrons. The van der Waals surface area contributed by atoms with Gasteiger partial charge in [-0.25, -0.2) is 4.39 Å². The largest absolute Gasteiger partial charge is 0.360 e. The number of H-pyrrole nitrogens is 1. The predicted molar refractivity (Wildman–Crippen MR) is 133 cm³/mol. The first-order valence-corrected chi connectivity index (χ1v) is 11.5. The Kier molecular flexibility index (Phi) is 7.50. The lowest BCUT2D eigenvalue weighted by molar-refractivity contribution is 0.0645. The lowest BCUT2D eigenvalue weighted by atomic mass is 9.98. The van der Waals surface area contributed by atoms with Crippen LogP contribution in [0.15, 0.2) is 85.1 Å². The topological polar surface area (TPSA) is 56.4 Å². The van der Waals surface area contributed by atoms with Crippen molar-refractivity contribution < 1.29 is 14.0 Å². The van der Waals surface area contributed by atoms with Crippen molar-refractivity contribution in [3.8, 4) is 0 Å². The third-order valence-corrected chi connectivity index (χ3v) is 6.06. The molecule has 34 heavy (non-hydrogen) atoms. The van der Waals surface area contributed by atoms with Gasteiger partial charge in [0.25, 0.3) is 5.91 Å². The van der Waals surface area contributed by atoms with Gasteiger partial charge in [-0.1, -0.05) is 61.5 Å². The Labute approximate surface area is 198 Å². The zero-order valence-corrected chi connectivity index (χ0v) is 19.2. The summed E-state index contributed by atoms with van der Waals surface area (Å²) in [4.78, 5) is 33.6. The van der Waals surface area contributed by atoms with Crippen LogP contribution in [0.2, 0.25) is 0 Å². The predicted octanol–water partition coefficient (Wildman–Crippen LogP) is 5.00. The highest BCUT2D eigenvalue weighted by Gasteiger charge is 2.25. The van der Waals surface area contributed by atoms with Crippen LogP contribution in [0.3, 0.4) is 0 Å². The molecule has 1 saturated heterocycles. The highest BCUT2D eigenvalue weighted by atomic mass is 19.1. The van der Waals surface area contributed by atoms with Crippen LogP contribution >= 0.6 is 0 Å². The molecular weight excluding hydrogens is 429 g/mol. The number of amides is 1. The fraction of sp³-hybridized carbons (Fsp3) is 0.214. The number of halogens is 1. The van der Waals surface area contributed by atoms with Gasteiger partial charge >= 0.3 is 0 Å². The first kappa shape index (κ1) is 23.4. The lowest BCUT2D eigenvalue weighted by Gasteiger charge is -2.34. The quantitative estimate of drug-likeness (QED) is 0.439. The summed E-state index contributed by atoms with van der Waals surface area (Å²) < 4.78 is 11.9. The van der Waals surface area contributed by atoms with E-state index in [9.17, 15) is 14.0 Å². The zero-order chi connectivity index (χ0) is 23.9. The molecule has 0 aliphatic carbocycles. The molecule has 3 aromatic carbocycles. The smallest absolute Gasteiger partial charge is 0.254 e. The fourth-order valence-electron chi connectivity index (χ4n) is 4.14. The molecule has 0 saturated carbocycles. The molecule has 2 heterocycles. The van der Waals surface area contributed by atoms with Gasteiger partial charge in [0, 0.05) is 60.0 Å². The molecule has 0 unspecified atom stereocenters. The van der Waals surface area contributed by atoms with Gasteiger partial charge in [0.2, 0.25) is 0 Å². The Hall–Kier alpha value is -3.77. The van der Waals surface area contributed by atoms with Gasteiger partial charge in [0.15, 0.2) is 5.78 Å². The van der Waals surface area contributed by atoms with Gasteiger partial charge in [-0.05, 0) is 30.8 Å². The molecule has 0 spiro atoms. The number of nitrogens with zero attached hydrogens (tertiary/aromatic N) is 2. The van der Waals surface area contributed by atoms with Crippen molar-refractivity contribution in [3.63, 3.8) is 0 Å². The average molecular weight is 458 g/mol. The monoisotopic (exact) mass is 457 g/mol. The number of benzene rings is 3. The second kappa shape index (κ2) is 10.9. The van der Waals surface area contributed by atoms with Gasteiger partial charge in [-0.3, -0.25) is 9.59 Å². The van der Waals surface area contributed by atoms with Crippen LogP contribution in [-0.4, -0.2) is 59.2 Å². The highest BCUT2D eigenvalue weighted by molar-refractivity contribution is 6.20. The number of carbonyl (C=O) groups excluding carboxylic acids is 2. The molecule has 1 fully saturated rings. The van der Waals surface area contributed by atoms with Crippen molar-refractivity contribution in [2.24, 2.45) is 0 Å². The number of piperazine rings is 1. The molecule has 4 aromatic rings. The molecule has 1 N–H and O–H groups in total. The van der Waals surface area contributed by atoms with E-state index < -0.39 is 0 Å². The van der Waals surface area contributed by atoms with E-state index in [1.807, 2.05) is 41.3 Å². The third kappa shape index (κ3) is 5.24. The van der Waals surface area contributed by atoms with Crippen LogP contribution < -0.4 is 0 Å². The molecule has 0 bridgehead atoms. The van der Waals surface area contributed by atoms with Crippen molar-refractivity contribution in [3.05, 3.63) is 108 Å². The number of ketones is 1. The molecule has 1 aromatic heterocycles. The Morgan fingerprint density at radius 3 is 2.06 bits per heavy atom. The van der Waals surface area contributed by atoms with E-state index in [-0.39, 0.29) is 17.5 Å². The molecule has 0 atom stereocenters. The second-order valence-corrected chi connectivity index (χ2v) is 8.15. The molecule has 174 valence electrons. The summed E-state index contributed by atoms with van der Waals surface area (Å²) >= 11 is 0. The van der Waals surface area contributed by atoms with E-state index in [1.54, 1.807) is 36.5 Å². The second-order valence-electron chi connectivity index (χ2n) is 8.15. The maximum atomic E-state index is 13.2. The van der Waals surface area contributed by atoms with E-state index in [0.717, 1.165) is 38.2 Å². The number of nitrogens with one attached hydrogen (secondary N) is 1. The van der Waals surface area contributed by atoms with E-state index in [4.69, 9.17) is 0 Å². The molecule has 5 rings (SSSR count). The normalized spacial score (nSPS) is 13.9. The van der Waals surface area contributed by atoms with Gasteiger partial charge in [0.05, 0.1) is 0 Å². The summed E-state index contributed by atoms with van der Waals surface area (Å²) in [5.41, 5.74) is 2.58. The van der Waals surface area contributed by atoms with Crippen molar-refractivity contribution in [2.45, 2.75) is 6.92 Å². The summed E-state index contributed by atoms with van der Waals surface area (Å²) in [5.74, 6) is -0.251. The molecule has 1 aliphatic heterocycles. The van der Waals surface area contributed by atoms with Gasteiger partial charge in [-0.2, -0.15) is 0 Å². The van der Waals surface area contributed by atoms with Crippen LogP contribution in [0.25, 0.3) is 10.9 Å². The van der Waals surface area contributed by atoms with Crippen LogP contribution in [0, 0.1) is 5.82 Å². The molecular formula is C28H28FN3O2. The van der Waals surface area contributed by atoms with E-state index in [1.165, 1.54) is 12.1 Å². The number of carbonyl (C=O) groups is 2. The number of likely N-dealkylation sites (N-methyl/N-ethyl adjacent to an activating group) is 1. The van der Waals surface area contributed by atoms with Crippen molar-refractivity contribution in [1.82, 2.24) is 14.8 Å². The number of rotatable bonds is 4. The Balaban J connectivity index is 0.000000336. The minimum atomic E-state index is -0.178. The number of fused-ring (bicyclic) bond motifs is 1. The first-order chi connectivity index (χ1) is 16.6. The standard InChI is InChI=1S/C22H23N3O2.C6H5F/c1-2-24-11-13-25(14-12-24)22(27)17-9-6-10-19-20(17)18(15-23-19)21(26)16-7-4-3-5-8-16;7-6-4-2-1-3-5-6/h3-10,15,23H,2,11-14H2,1H3;1-5H. The lowest BCUT2D eigenvalue weighted by Crippen LogP contribution is -2.48. The maximum Gasteiger partial charge on any atom is 0.254 e. The third-order valence-electron chi connectivity index (χ3n) is 6.06. The summed E-state index contributed by atoms with van der Waals surface area (Å²) in [6.07, 6.45) is 1.71. The van der Waals surface area contributed by atoms with E-state index >= 15 is 0 Å². The number of aromatic nitrogens is 1. The molecule has 5 nitrogen and oxygen atoms in total. The van der Waals surface area contributed by atoms with Gasteiger partial charge in [-0.15, -0.1) is 0 Å². The van der Waals surface area contributed by atoms with E-state index in [0.29, 0.717) is 22.1 Å². The van der Waals surface area contributed by atoms with Crippen molar-refractivity contribution in [2.75, 3.05) is 32.7 Å². The van der Waals surface area contributed by atoms with Crippen LogP contribution in [0.5, 0.6) is 0 Å². The van der Waals surface area contributed by atoms with Crippen LogP contribution in [0.4, 0.5) is 4.39 Å². The minimum Gasteiger partial charge on any atom is -0.360 e. The Bertz CT molecular complexity index is 1250. The van der Waals surface area contributed by atoms with Crippen LogP contribution in [0.1, 0.15) is 33.2 Å². The zero-order valence-electron chi connectivity index (χ0n) is 19.2. The number of hydrogen-bond donors (Lipinski definition) is 1. The van der Waals surface area contributed by atoms with Gasteiger partial charge in [0.1, 0.15) is 5.82 Å². The summed E-state index contributed by atoms with van der Waals surface area (Å²) in [6.45, 7) is 6.36. The fourth-order valence-corrected chi connectivity index (χ4v) is 4.14. The average Bonchev–Trinajstić information content (AvgIpc) is 3.34. The minimum absolute atomic E-state index is 0.00179. The van der Waals surface area contributed by atoms with E-state index in [2.05, 4.69) is 16.8 Å². The van der Waals surface area contributed by atoms with Crippen LogP contribution in [-0.2, 0) is 0 Å². The first-order valence-electron chi connectivity index (χ1n) is 11.5. The molecule has 1 amide bonds. The van der Waals surface area contributed by atoms with Crippen molar-refractivity contribution in [1.29, 1.82) is 0 Å². The van der Waals surface area contributed by atoms with Crippen molar-refractivity contribution >= 4 is 22.6 Å². The molecule has 6 heteroatoms. The highest BCUT2D eigenvalue weighted by Crippen LogP contribution is 2.26. The molecule has 1 aliphatic rings. The Morgan fingerprint density at radius 1 is 0.824 bits per heavy atom. The summed E-state index contributed by atoms with van der Waals surface area (Å²) in [7, 11) is 0.